The highest BCUT2D eigenvalue weighted by molar-refractivity contribution is 6.01. The van der Waals surface area contributed by atoms with Crippen LogP contribution in [0, 0.1) is 12.3 Å². The second-order valence-corrected chi connectivity index (χ2v) is 7.68. The minimum absolute atomic E-state index is 0.0516. The largest absolute Gasteiger partial charge is 0.480 e. The summed E-state index contributed by atoms with van der Waals surface area (Å²) in [6.07, 6.45) is -0.487. The summed E-state index contributed by atoms with van der Waals surface area (Å²) in [7, 11) is 0. The average molecular weight is 348 g/mol. The van der Waals surface area contributed by atoms with E-state index in [9.17, 15) is 23.5 Å². The van der Waals surface area contributed by atoms with Gasteiger partial charge in [-0.3, -0.25) is 4.79 Å². The number of carboxylic acid groups (broad SMARTS) is 1. The number of nitrogens with one attached hydrogen (secondary N) is 2. The first-order chi connectivity index (χ1) is 11.6. The first kappa shape index (κ1) is 16.1. The second kappa shape index (κ2) is 4.80. The lowest BCUT2D eigenvalue weighted by molar-refractivity contribution is -0.220. The maximum absolute atomic E-state index is 13.1. The van der Waals surface area contributed by atoms with Crippen molar-refractivity contribution in [1.82, 2.24) is 10.3 Å². The molecule has 132 valence electrons. The summed E-state index contributed by atoms with van der Waals surface area (Å²) < 4.78 is 26.3. The third-order valence-electron chi connectivity index (χ3n) is 5.40. The minimum Gasteiger partial charge on any atom is -0.480 e. The molecule has 2 aliphatic carbocycles. The molecular weight excluding hydrogens is 330 g/mol. The van der Waals surface area contributed by atoms with E-state index in [1.165, 1.54) is 0 Å². The van der Waals surface area contributed by atoms with Crippen LogP contribution in [-0.2, 0) is 4.79 Å². The van der Waals surface area contributed by atoms with Gasteiger partial charge in [-0.1, -0.05) is 11.6 Å². The van der Waals surface area contributed by atoms with Gasteiger partial charge in [0.1, 0.15) is 11.2 Å². The number of rotatable bonds is 3. The fourth-order valence-electron chi connectivity index (χ4n) is 4.48. The summed E-state index contributed by atoms with van der Waals surface area (Å²) in [6, 6.07) is 7.35. The van der Waals surface area contributed by atoms with Crippen LogP contribution < -0.4 is 5.32 Å². The molecule has 5 nitrogen and oxygen atoms in total. The molecule has 0 radical (unpaired) electrons. The van der Waals surface area contributed by atoms with Gasteiger partial charge in [-0.25, -0.2) is 13.6 Å². The third kappa shape index (κ3) is 2.49. The number of amides is 1. The van der Waals surface area contributed by atoms with E-state index in [1.807, 2.05) is 25.1 Å². The number of carboxylic acids is 1. The Balaban J connectivity index is 1.53. The van der Waals surface area contributed by atoms with Crippen LogP contribution in [0.3, 0.4) is 0 Å². The zero-order valence-electron chi connectivity index (χ0n) is 13.7. The topological polar surface area (TPSA) is 82.2 Å². The lowest BCUT2D eigenvalue weighted by Gasteiger charge is -2.61. The molecule has 2 aliphatic rings. The van der Waals surface area contributed by atoms with Crippen LogP contribution in [0.2, 0.25) is 0 Å². The molecule has 1 aromatic carbocycles. The Kier molecular flexibility index (Phi) is 3.08. The Morgan fingerprint density at radius 3 is 2.44 bits per heavy atom. The molecule has 7 heteroatoms. The summed E-state index contributed by atoms with van der Waals surface area (Å²) in [6.45, 7) is 1.94. The SMILES string of the molecule is Cc1ccc2[nH]c(C(=O)NC3(C(=O)O)CC4(CC(F)(F)C4)C3)cc2c1. The van der Waals surface area contributed by atoms with E-state index in [1.54, 1.807) is 6.07 Å². The van der Waals surface area contributed by atoms with Crippen LogP contribution in [0.15, 0.2) is 24.3 Å². The van der Waals surface area contributed by atoms with Crippen molar-refractivity contribution in [1.29, 1.82) is 0 Å². The van der Waals surface area contributed by atoms with Gasteiger partial charge >= 0.3 is 5.97 Å². The molecule has 0 bridgehead atoms. The van der Waals surface area contributed by atoms with Crippen molar-refractivity contribution < 1.29 is 23.5 Å². The Labute approximate surface area is 142 Å². The van der Waals surface area contributed by atoms with Gasteiger partial charge in [0.05, 0.1) is 0 Å². The van der Waals surface area contributed by atoms with Gasteiger partial charge in [-0.05, 0) is 43.4 Å². The first-order valence-corrected chi connectivity index (χ1v) is 8.15. The Morgan fingerprint density at radius 2 is 1.84 bits per heavy atom. The minimum atomic E-state index is -2.70. The number of fused-ring (bicyclic) bond motifs is 1. The number of alkyl halides is 2. The molecule has 1 amide bonds. The lowest BCUT2D eigenvalue weighted by Crippen LogP contribution is -2.71. The van der Waals surface area contributed by atoms with E-state index in [0.29, 0.717) is 0 Å². The molecular formula is C18H18F2N2O3. The van der Waals surface area contributed by atoms with Gasteiger partial charge in [0.25, 0.3) is 5.91 Å². The number of aryl methyl sites for hydroxylation is 1. The van der Waals surface area contributed by atoms with Gasteiger partial charge in [0.15, 0.2) is 0 Å². The van der Waals surface area contributed by atoms with Crippen LogP contribution in [0.1, 0.15) is 41.7 Å². The normalized spacial score (nSPS) is 22.2. The predicted octanol–water partition coefficient (Wildman–Crippen LogP) is 3.24. The zero-order valence-corrected chi connectivity index (χ0v) is 13.7. The number of aromatic amines is 1. The summed E-state index contributed by atoms with van der Waals surface area (Å²) in [4.78, 5) is 27.1. The number of halogens is 2. The highest BCUT2D eigenvalue weighted by atomic mass is 19.3. The highest BCUT2D eigenvalue weighted by Gasteiger charge is 2.69. The van der Waals surface area contributed by atoms with Crippen molar-refractivity contribution in [3.8, 4) is 0 Å². The number of hydrogen-bond donors (Lipinski definition) is 3. The number of benzene rings is 1. The van der Waals surface area contributed by atoms with Crippen molar-refractivity contribution in [2.45, 2.75) is 44.1 Å². The van der Waals surface area contributed by atoms with E-state index in [4.69, 9.17) is 0 Å². The predicted molar refractivity (Wildman–Crippen MR) is 86.7 cm³/mol. The Morgan fingerprint density at radius 1 is 1.16 bits per heavy atom. The van der Waals surface area contributed by atoms with Gasteiger partial charge in [-0.15, -0.1) is 0 Å². The van der Waals surface area contributed by atoms with E-state index in [-0.39, 0.29) is 31.4 Å². The quantitative estimate of drug-likeness (QED) is 0.796. The van der Waals surface area contributed by atoms with Crippen molar-refractivity contribution in [2.75, 3.05) is 0 Å². The fraction of sp³-hybridized carbons (Fsp3) is 0.444. The second-order valence-electron chi connectivity index (χ2n) is 7.68. The molecule has 25 heavy (non-hydrogen) atoms. The highest BCUT2D eigenvalue weighted by Crippen LogP contribution is 2.65. The van der Waals surface area contributed by atoms with Crippen molar-refractivity contribution in [3.63, 3.8) is 0 Å². The van der Waals surface area contributed by atoms with Crippen molar-refractivity contribution in [3.05, 3.63) is 35.5 Å². The molecule has 4 rings (SSSR count). The number of carbonyl (C=O) groups is 2. The third-order valence-corrected chi connectivity index (χ3v) is 5.40. The molecule has 2 fully saturated rings. The van der Waals surface area contributed by atoms with Crippen molar-refractivity contribution >= 4 is 22.8 Å². The number of aliphatic carboxylic acids is 1. The molecule has 0 unspecified atom stereocenters. The van der Waals surface area contributed by atoms with Crippen LogP contribution >= 0.6 is 0 Å². The van der Waals surface area contributed by atoms with Gasteiger partial charge in [0, 0.05) is 23.7 Å². The molecule has 0 saturated heterocycles. The van der Waals surface area contributed by atoms with E-state index < -0.39 is 28.8 Å². The van der Waals surface area contributed by atoms with Crippen LogP contribution in [-0.4, -0.2) is 33.4 Å². The molecule has 0 atom stereocenters. The maximum Gasteiger partial charge on any atom is 0.329 e. The maximum atomic E-state index is 13.1. The Hall–Kier alpha value is -2.44. The number of carbonyl (C=O) groups excluding carboxylic acids is 1. The molecule has 2 aromatic rings. The van der Waals surface area contributed by atoms with E-state index in [2.05, 4.69) is 10.3 Å². The molecule has 2 saturated carbocycles. The summed E-state index contributed by atoms with van der Waals surface area (Å²) >= 11 is 0. The van der Waals surface area contributed by atoms with Crippen molar-refractivity contribution in [2.24, 2.45) is 5.41 Å². The standard InChI is InChI=1S/C18H18F2N2O3/c1-10-2-3-12-11(4-10)5-13(21-12)14(23)22-17(15(24)25)6-16(7-17)8-18(19,20)9-16/h2-5,21H,6-9H2,1H3,(H,22,23)(H,24,25). The number of aromatic nitrogens is 1. The van der Waals surface area contributed by atoms with Crippen LogP contribution in [0.25, 0.3) is 10.9 Å². The lowest BCUT2D eigenvalue weighted by atomic mass is 9.47. The molecule has 1 heterocycles. The monoisotopic (exact) mass is 348 g/mol. The summed E-state index contributed by atoms with van der Waals surface area (Å²) in [5.74, 6) is -4.41. The first-order valence-electron chi connectivity index (χ1n) is 8.15. The van der Waals surface area contributed by atoms with E-state index >= 15 is 0 Å². The summed E-state index contributed by atoms with van der Waals surface area (Å²) in [5.41, 5.74) is -0.00896. The van der Waals surface area contributed by atoms with Gasteiger partial charge < -0.3 is 15.4 Å². The molecule has 0 aliphatic heterocycles. The molecule has 1 spiro atoms. The summed E-state index contributed by atoms with van der Waals surface area (Å²) in [5, 5.41) is 12.9. The van der Waals surface area contributed by atoms with E-state index in [0.717, 1.165) is 16.5 Å². The van der Waals surface area contributed by atoms with Crippen LogP contribution in [0.5, 0.6) is 0 Å². The smallest absolute Gasteiger partial charge is 0.329 e. The van der Waals surface area contributed by atoms with Gasteiger partial charge in [-0.2, -0.15) is 0 Å². The Bertz CT molecular complexity index is 887. The molecule has 1 aromatic heterocycles. The van der Waals surface area contributed by atoms with Crippen LogP contribution in [0.4, 0.5) is 8.78 Å². The fourth-order valence-corrected chi connectivity index (χ4v) is 4.48. The average Bonchev–Trinajstić information content (AvgIpc) is 2.85. The number of hydrogen-bond acceptors (Lipinski definition) is 2. The molecule has 3 N–H and O–H groups in total. The number of H-pyrrole nitrogens is 1. The zero-order chi connectivity index (χ0) is 18.0. The van der Waals surface area contributed by atoms with Gasteiger partial charge in [0.2, 0.25) is 5.92 Å².